The molecule has 252 valence electrons. The van der Waals surface area contributed by atoms with Crippen molar-refractivity contribution in [3.8, 4) is 0 Å². The highest BCUT2D eigenvalue weighted by molar-refractivity contribution is 6.21. The Hall–Kier alpha value is -5.80. The Kier molecular flexibility index (Phi) is 8.45. The molecule has 0 aromatic heterocycles. The first-order valence-electron chi connectivity index (χ1n) is 16.6. The van der Waals surface area contributed by atoms with E-state index in [0.717, 1.165) is 32.7 Å². The summed E-state index contributed by atoms with van der Waals surface area (Å²) in [5.41, 5.74) is -1.90. The van der Waals surface area contributed by atoms with Crippen molar-refractivity contribution in [3.63, 3.8) is 0 Å². The molecule has 1 atom stereocenters. The van der Waals surface area contributed by atoms with Crippen LogP contribution in [-0.2, 0) is 52.1 Å². The molecule has 1 amide bonds. The monoisotopic (exact) mass is 668 g/mol. The Morgan fingerprint density at radius 1 is 0.720 bits per heavy atom. The predicted molar refractivity (Wildman–Crippen MR) is 189 cm³/mol. The minimum atomic E-state index is -2.31. The smallest absolute Gasteiger partial charge is 0.342 e. The maximum absolute atomic E-state index is 15.0. The van der Waals surface area contributed by atoms with Gasteiger partial charge in [0.05, 0.1) is 31.0 Å². The Balaban J connectivity index is 1.40. The number of anilines is 1. The van der Waals surface area contributed by atoms with Crippen LogP contribution in [0.5, 0.6) is 0 Å². The van der Waals surface area contributed by atoms with Gasteiger partial charge in [0.25, 0.3) is 5.91 Å². The van der Waals surface area contributed by atoms with Crippen molar-refractivity contribution < 1.29 is 33.4 Å². The molecule has 50 heavy (non-hydrogen) atoms. The largest absolute Gasteiger partial charge is 0.464 e. The number of ether oxygens (including phenoxy) is 3. The molecule has 0 aliphatic carbocycles. The van der Waals surface area contributed by atoms with Crippen molar-refractivity contribution in [2.75, 3.05) is 18.1 Å². The zero-order valence-corrected chi connectivity index (χ0v) is 28.0. The highest BCUT2D eigenvalue weighted by atomic mass is 16.6. The van der Waals surface area contributed by atoms with E-state index in [4.69, 9.17) is 14.2 Å². The number of rotatable bonds is 9. The molecular formula is C41H36N2O7. The molecule has 7 rings (SSSR count). The van der Waals surface area contributed by atoms with Gasteiger partial charge in [-0.3, -0.25) is 10.1 Å². The van der Waals surface area contributed by atoms with Crippen molar-refractivity contribution in [1.29, 1.82) is 0 Å². The fraction of sp³-hybridized carbons (Fsp3) is 0.220. The van der Waals surface area contributed by atoms with E-state index in [1.807, 2.05) is 78.9 Å². The van der Waals surface area contributed by atoms with Crippen LogP contribution in [0.1, 0.15) is 37.5 Å². The first kappa shape index (κ1) is 32.7. The Morgan fingerprint density at radius 3 is 1.90 bits per heavy atom. The van der Waals surface area contributed by atoms with Gasteiger partial charge in [0.2, 0.25) is 5.54 Å². The van der Waals surface area contributed by atoms with Gasteiger partial charge in [0, 0.05) is 11.1 Å². The summed E-state index contributed by atoms with van der Waals surface area (Å²) in [6.45, 7) is 4.64. The fourth-order valence-corrected chi connectivity index (χ4v) is 7.39. The van der Waals surface area contributed by atoms with Crippen LogP contribution < -0.4 is 10.2 Å². The molecule has 0 fully saturated rings. The van der Waals surface area contributed by atoms with Crippen molar-refractivity contribution in [2.24, 2.45) is 0 Å². The van der Waals surface area contributed by atoms with Crippen molar-refractivity contribution >= 4 is 51.0 Å². The van der Waals surface area contributed by atoms with E-state index in [1.54, 1.807) is 43.0 Å². The second-order valence-corrected chi connectivity index (χ2v) is 12.3. The predicted octanol–water partition coefficient (Wildman–Crippen LogP) is 6.26. The zero-order chi connectivity index (χ0) is 35.0. The van der Waals surface area contributed by atoms with Gasteiger partial charge in [-0.25, -0.2) is 14.4 Å². The van der Waals surface area contributed by atoms with E-state index in [-0.39, 0.29) is 37.5 Å². The SMILES string of the molecule is CCOC(=O)C1(C(=O)OCC)N[C@@]2(C(=O)N(Cc3ccccc3)c3ccccc32)C(C(=O)OCc2c3ccccc3cc3ccccc23)=C1C. The fourth-order valence-electron chi connectivity index (χ4n) is 7.39. The van der Waals surface area contributed by atoms with Gasteiger partial charge in [-0.2, -0.15) is 0 Å². The summed E-state index contributed by atoms with van der Waals surface area (Å²) in [7, 11) is 0. The number of benzene rings is 5. The lowest BCUT2D eigenvalue weighted by molar-refractivity contribution is -0.164. The van der Waals surface area contributed by atoms with Gasteiger partial charge in [-0.15, -0.1) is 0 Å². The maximum atomic E-state index is 15.0. The summed E-state index contributed by atoms with van der Waals surface area (Å²) in [6.07, 6.45) is 0. The van der Waals surface area contributed by atoms with Crippen LogP contribution in [0.2, 0.25) is 0 Å². The van der Waals surface area contributed by atoms with Crippen LogP contribution in [0.4, 0.5) is 5.69 Å². The topological polar surface area (TPSA) is 111 Å². The van der Waals surface area contributed by atoms with Crippen LogP contribution in [0.15, 0.2) is 120 Å². The quantitative estimate of drug-likeness (QED) is 0.0848. The molecule has 9 nitrogen and oxygen atoms in total. The summed E-state index contributed by atoms with van der Waals surface area (Å²) >= 11 is 0. The van der Waals surface area contributed by atoms with Gasteiger partial charge in [0.1, 0.15) is 6.61 Å². The molecule has 5 aromatic rings. The number of nitrogens with one attached hydrogen (secondary N) is 1. The molecule has 0 radical (unpaired) electrons. The van der Waals surface area contributed by atoms with E-state index in [9.17, 15) is 14.4 Å². The van der Waals surface area contributed by atoms with Crippen LogP contribution in [0, 0.1) is 0 Å². The number of nitrogens with zero attached hydrogens (tertiary/aromatic N) is 1. The molecule has 1 spiro atoms. The van der Waals surface area contributed by atoms with Crippen molar-refractivity contribution in [1.82, 2.24) is 5.32 Å². The summed E-state index contributed by atoms with van der Waals surface area (Å²) in [4.78, 5) is 59.3. The number of hydrogen-bond donors (Lipinski definition) is 1. The molecule has 0 bridgehead atoms. The number of carbonyl (C=O) groups is 4. The van der Waals surface area contributed by atoms with Crippen LogP contribution >= 0.6 is 0 Å². The number of hydrogen-bond acceptors (Lipinski definition) is 8. The molecule has 2 aliphatic rings. The lowest BCUT2D eigenvalue weighted by Gasteiger charge is -2.32. The molecule has 0 saturated carbocycles. The van der Waals surface area contributed by atoms with E-state index < -0.39 is 34.9 Å². The lowest BCUT2D eigenvalue weighted by atomic mass is 9.83. The van der Waals surface area contributed by atoms with Crippen molar-refractivity contribution in [3.05, 3.63) is 137 Å². The van der Waals surface area contributed by atoms with E-state index in [2.05, 4.69) is 11.4 Å². The van der Waals surface area contributed by atoms with Gasteiger partial charge in [-0.05, 0) is 65.6 Å². The molecule has 5 aromatic carbocycles. The average Bonchev–Trinajstić information content (AvgIpc) is 3.55. The summed E-state index contributed by atoms with van der Waals surface area (Å²) in [5.74, 6) is -3.36. The normalized spacial score (nSPS) is 17.7. The molecule has 0 saturated heterocycles. The second-order valence-electron chi connectivity index (χ2n) is 12.3. The number of fused-ring (bicyclic) bond motifs is 4. The van der Waals surface area contributed by atoms with Gasteiger partial charge >= 0.3 is 17.9 Å². The van der Waals surface area contributed by atoms with E-state index in [1.165, 1.54) is 6.92 Å². The minimum absolute atomic E-state index is 0.0214. The summed E-state index contributed by atoms with van der Waals surface area (Å²) in [6, 6.07) is 34.2. The van der Waals surface area contributed by atoms with Crippen LogP contribution in [-0.4, -0.2) is 42.6 Å². The molecule has 2 heterocycles. The first-order chi connectivity index (χ1) is 24.3. The Morgan fingerprint density at radius 2 is 1.28 bits per heavy atom. The summed E-state index contributed by atoms with van der Waals surface area (Å²) in [5, 5.41) is 6.87. The standard InChI is InChI=1S/C41H36N2O7/c1-4-48-38(46)40(39(47)49-5-2)26(3)35(36(44)50-25-32-30-19-11-9-17-28(30)23-29-18-10-12-20-31(29)32)41(42-40)33-21-13-14-22-34(33)43(37(41)45)24-27-15-7-6-8-16-27/h6-23,42H,4-5,24-25H2,1-3H3/t41-/m1/s1. The molecule has 2 aliphatic heterocycles. The van der Waals surface area contributed by atoms with Crippen LogP contribution in [0.3, 0.4) is 0 Å². The second kappa shape index (κ2) is 12.9. The van der Waals surface area contributed by atoms with Gasteiger partial charge in [-0.1, -0.05) is 97.1 Å². The highest BCUT2D eigenvalue weighted by Gasteiger charge is 2.70. The van der Waals surface area contributed by atoms with E-state index in [0.29, 0.717) is 11.3 Å². The first-order valence-corrected chi connectivity index (χ1v) is 16.6. The number of para-hydroxylation sites is 1. The molecule has 1 N–H and O–H groups in total. The lowest BCUT2D eigenvalue weighted by Crippen LogP contribution is -2.64. The Labute approximate surface area is 289 Å². The number of esters is 3. The Bertz CT molecular complexity index is 2140. The third kappa shape index (κ3) is 4.96. The zero-order valence-electron chi connectivity index (χ0n) is 28.0. The maximum Gasteiger partial charge on any atom is 0.342 e. The van der Waals surface area contributed by atoms with Crippen molar-refractivity contribution in [2.45, 2.75) is 45.0 Å². The van der Waals surface area contributed by atoms with Crippen LogP contribution in [0.25, 0.3) is 21.5 Å². The average molecular weight is 669 g/mol. The minimum Gasteiger partial charge on any atom is -0.464 e. The third-order valence-corrected chi connectivity index (χ3v) is 9.63. The molecule has 0 unspecified atom stereocenters. The highest BCUT2D eigenvalue weighted by Crippen LogP contribution is 2.53. The molecular weight excluding hydrogens is 632 g/mol. The summed E-state index contributed by atoms with van der Waals surface area (Å²) < 4.78 is 17.1. The van der Waals surface area contributed by atoms with E-state index >= 15 is 4.79 Å². The number of carbonyl (C=O) groups excluding carboxylic acids is 4. The third-order valence-electron chi connectivity index (χ3n) is 9.63. The van der Waals surface area contributed by atoms with Gasteiger partial charge < -0.3 is 19.1 Å². The molecule has 9 heteroatoms. The van der Waals surface area contributed by atoms with Gasteiger partial charge in [0.15, 0.2) is 5.54 Å². The number of amides is 1.